The molecule has 98 valence electrons. The Morgan fingerprint density at radius 3 is 2.68 bits per heavy atom. The van der Waals surface area contributed by atoms with Crippen molar-refractivity contribution in [3.05, 3.63) is 53.9 Å². The van der Waals surface area contributed by atoms with Crippen LogP contribution in [-0.2, 0) is 0 Å². The summed E-state index contributed by atoms with van der Waals surface area (Å²) in [5.74, 6) is 0.00417. The maximum absolute atomic E-state index is 12.1. The average Bonchev–Trinajstić information content (AvgIpc) is 2.46. The number of nitrogens with zero attached hydrogens (tertiary/aromatic N) is 2. The minimum Gasteiger partial charge on any atom is -0.342 e. The average molecular weight is 254 g/mol. The summed E-state index contributed by atoms with van der Waals surface area (Å²) < 4.78 is 0. The van der Waals surface area contributed by atoms with Crippen molar-refractivity contribution < 1.29 is 4.79 Å². The van der Waals surface area contributed by atoms with E-state index in [2.05, 4.69) is 24.0 Å². The van der Waals surface area contributed by atoms with Crippen molar-refractivity contribution in [3.63, 3.8) is 0 Å². The monoisotopic (exact) mass is 254 g/mol. The van der Waals surface area contributed by atoms with Gasteiger partial charge in [0.2, 0.25) is 0 Å². The molecule has 1 amide bonds. The zero-order valence-electron chi connectivity index (χ0n) is 11.6. The summed E-state index contributed by atoms with van der Waals surface area (Å²) in [6.45, 7) is 4.69. The van der Waals surface area contributed by atoms with Crippen LogP contribution in [-0.4, -0.2) is 29.4 Å². The first-order valence-corrected chi connectivity index (χ1v) is 6.39. The molecule has 0 N–H and O–H groups in total. The largest absolute Gasteiger partial charge is 0.342 e. The number of aromatic nitrogens is 1. The fraction of sp³-hybridized carbons (Fsp3) is 0.250. The van der Waals surface area contributed by atoms with Crippen LogP contribution in [0.3, 0.4) is 0 Å². The van der Waals surface area contributed by atoms with E-state index in [0.29, 0.717) is 12.1 Å². The van der Waals surface area contributed by atoms with Gasteiger partial charge in [0.25, 0.3) is 5.91 Å². The van der Waals surface area contributed by atoms with Gasteiger partial charge in [0.15, 0.2) is 0 Å². The molecule has 0 fully saturated rings. The van der Waals surface area contributed by atoms with Gasteiger partial charge in [-0.2, -0.15) is 0 Å². The first-order valence-electron chi connectivity index (χ1n) is 6.39. The number of aryl methyl sites for hydroxylation is 1. The molecule has 2 rings (SSSR count). The van der Waals surface area contributed by atoms with Crippen LogP contribution in [0.1, 0.15) is 22.8 Å². The number of carbonyl (C=O) groups is 1. The van der Waals surface area contributed by atoms with Crippen LogP contribution in [0.2, 0.25) is 0 Å². The maximum Gasteiger partial charge on any atom is 0.255 e. The Morgan fingerprint density at radius 2 is 2.00 bits per heavy atom. The second-order valence-electron chi connectivity index (χ2n) is 4.65. The first-order chi connectivity index (χ1) is 9.11. The minimum absolute atomic E-state index is 0.00417. The molecule has 0 atom stereocenters. The first kappa shape index (κ1) is 13.3. The summed E-state index contributed by atoms with van der Waals surface area (Å²) in [5, 5.41) is 0. The van der Waals surface area contributed by atoms with Crippen molar-refractivity contribution in [3.8, 4) is 11.1 Å². The van der Waals surface area contributed by atoms with Gasteiger partial charge in [-0.05, 0) is 25.5 Å². The predicted molar refractivity (Wildman–Crippen MR) is 77.0 cm³/mol. The molecular weight excluding hydrogens is 236 g/mol. The Labute approximate surface area is 113 Å². The van der Waals surface area contributed by atoms with Gasteiger partial charge in [-0.15, -0.1) is 0 Å². The van der Waals surface area contributed by atoms with E-state index in [9.17, 15) is 4.79 Å². The van der Waals surface area contributed by atoms with Gasteiger partial charge in [0, 0.05) is 31.5 Å². The van der Waals surface area contributed by atoms with Crippen molar-refractivity contribution in [1.29, 1.82) is 0 Å². The molecule has 0 aliphatic heterocycles. The lowest BCUT2D eigenvalue weighted by Crippen LogP contribution is -2.26. The van der Waals surface area contributed by atoms with Crippen LogP contribution in [0.25, 0.3) is 11.1 Å². The van der Waals surface area contributed by atoms with Gasteiger partial charge in [0.05, 0.1) is 5.56 Å². The second kappa shape index (κ2) is 5.65. The van der Waals surface area contributed by atoms with Crippen LogP contribution in [0.15, 0.2) is 42.7 Å². The molecule has 0 aliphatic carbocycles. The lowest BCUT2D eigenvalue weighted by Gasteiger charge is -2.14. The second-order valence-corrected chi connectivity index (χ2v) is 4.65. The third-order valence-electron chi connectivity index (χ3n) is 3.16. The molecule has 0 radical (unpaired) electrons. The third-order valence-corrected chi connectivity index (χ3v) is 3.16. The Hall–Kier alpha value is -2.16. The Bertz CT molecular complexity index is 593. The van der Waals surface area contributed by atoms with Crippen LogP contribution in [0.4, 0.5) is 0 Å². The Kier molecular flexibility index (Phi) is 3.95. The van der Waals surface area contributed by atoms with Gasteiger partial charge in [-0.3, -0.25) is 9.78 Å². The standard InChI is InChI=1S/C16H18N2O/c1-4-18(3)16(19)15-9-14(10-17-11-15)13-7-5-6-12(2)8-13/h5-11H,4H2,1-3H3. The van der Waals surface area contributed by atoms with E-state index in [1.165, 1.54) is 5.56 Å². The van der Waals surface area contributed by atoms with Crippen molar-refractivity contribution >= 4 is 5.91 Å². The van der Waals surface area contributed by atoms with E-state index in [4.69, 9.17) is 0 Å². The molecule has 19 heavy (non-hydrogen) atoms. The summed E-state index contributed by atoms with van der Waals surface area (Å²) >= 11 is 0. The molecule has 0 spiro atoms. The molecule has 1 aromatic heterocycles. The van der Waals surface area contributed by atoms with Crippen LogP contribution in [0.5, 0.6) is 0 Å². The summed E-state index contributed by atoms with van der Waals surface area (Å²) in [6, 6.07) is 10.1. The van der Waals surface area contributed by atoms with E-state index >= 15 is 0 Å². The third kappa shape index (κ3) is 2.99. The SMILES string of the molecule is CCN(C)C(=O)c1cncc(-c2cccc(C)c2)c1. The summed E-state index contributed by atoms with van der Waals surface area (Å²) in [7, 11) is 1.79. The topological polar surface area (TPSA) is 33.2 Å². The van der Waals surface area contributed by atoms with E-state index in [-0.39, 0.29) is 5.91 Å². The van der Waals surface area contributed by atoms with Crippen LogP contribution >= 0.6 is 0 Å². The molecule has 0 saturated carbocycles. The molecule has 3 nitrogen and oxygen atoms in total. The number of rotatable bonds is 3. The normalized spacial score (nSPS) is 10.3. The number of pyridine rings is 1. The van der Waals surface area contributed by atoms with Gasteiger partial charge in [0.1, 0.15) is 0 Å². The van der Waals surface area contributed by atoms with Crippen molar-refractivity contribution in [2.24, 2.45) is 0 Å². The zero-order valence-corrected chi connectivity index (χ0v) is 11.6. The number of hydrogen-bond acceptors (Lipinski definition) is 2. The molecule has 1 aromatic carbocycles. The molecule has 2 aromatic rings. The maximum atomic E-state index is 12.1. The molecule has 0 saturated heterocycles. The summed E-state index contributed by atoms with van der Waals surface area (Å²) in [4.78, 5) is 18.0. The zero-order chi connectivity index (χ0) is 13.8. The van der Waals surface area contributed by atoms with Crippen molar-refractivity contribution in [2.45, 2.75) is 13.8 Å². The van der Waals surface area contributed by atoms with Crippen molar-refractivity contribution in [1.82, 2.24) is 9.88 Å². The van der Waals surface area contributed by atoms with Crippen LogP contribution < -0.4 is 0 Å². The van der Waals surface area contributed by atoms with E-state index < -0.39 is 0 Å². The van der Waals surface area contributed by atoms with E-state index in [0.717, 1.165) is 11.1 Å². The minimum atomic E-state index is 0.00417. The lowest BCUT2D eigenvalue weighted by molar-refractivity contribution is 0.0802. The van der Waals surface area contributed by atoms with Gasteiger partial charge < -0.3 is 4.90 Å². The lowest BCUT2D eigenvalue weighted by atomic mass is 10.0. The molecule has 0 aliphatic rings. The highest BCUT2D eigenvalue weighted by molar-refractivity contribution is 5.94. The Balaban J connectivity index is 2.37. The number of carbonyl (C=O) groups excluding carboxylic acids is 1. The molecule has 0 bridgehead atoms. The summed E-state index contributed by atoms with van der Waals surface area (Å²) in [6.07, 6.45) is 3.41. The highest BCUT2D eigenvalue weighted by atomic mass is 16.2. The fourth-order valence-corrected chi connectivity index (χ4v) is 1.90. The molecule has 0 unspecified atom stereocenters. The van der Waals surface area contributed by atoms with Gasteiger partial charge >= 0.3 is 0 Å². The Morgan fingerprint density at radius 1 is 1.21 bits per heavy atom. The predicted octanol–water partition coefficient (Wildman–Crippen LogP) is 3.15. The highest BCUT2D eigenvalue weighted by Gasteiger charge is 2.11. The number of amides is 1. The number of hydrogen-bond donors (Lipinski definition) is 0. The van der Waals surface area contributed by atoms with Gasteiger partial charge in [-0.25, -0.2) is 0 Å². The van der Waals surface area contributed by atoms with Gasteiger partial charge in [-0.1, -0.05) is 29.8 Å². The highest BCUT2D eigenvalue weighted by Crippen LogP contribution is 2.20. The molecule has 1 heterocycles. The van der Waals surface area contributed by atoms with Crippen LogP contribution in [0, 0.1) is 6.92 Å². The fourth-order valence-electron chi connectivity index (χ4n) is 1.90. The number of benzene rings is 1. The summed E-state index contributed by atoms with van der Waals surface area (Å²) in [5.41, 5.74) is 3.88. The molecular formula is C16H18N2O. The van der Waals surface area contributed by atoms with E-state index in [1.54, 1.807) is 24.3 Å². The smallest absolute Gasteiger partial charge is 0.255 e. The van der Waals surface area contributed by atoms with Crippen molar-refractivity contribution in [2.75, 3.05) is 13.6 Å². The van der Waals surface area contributed by atoms with E-state index in [1.807, 2.05) is 25.1 Å². The molecule has 3 heteroatoms. The quantitative estimate of drug-likeness (QED) is 0.843.